The van der Waals surface area contributed by atoms with Gasteiger partial charge in [0.05, 0.1) is 7.11 Å². The van der Waals surface area contributed by atoms with Crippen LogP contribution in [0.1, 0.15) is 37.5 Å². The van der Waals surface area contributed by atoms with Crippen LogP contribution in [-0.2, 0) is 21.2 Å². The highest BCUT2D eigenvalue weighted by Crippen LogP contribution is 2.44. The maximum Gasteiger partial charge on any atom is 0.266 e. The summed E-state index contributed by atoms with van der Waals surface area (Å²) in [6.07, 6.45) is 0.622. The van der Waals surface area contributed by atoms with Gasteiger partial charge in [0.15, 0.2) is 13.9 Å². The first kappa shape index (κ1) is 22.5. The molecule has 1 unspecified atom stereocenters. The van der Waals surface area contributed by atoms with E-state index in [1.165, 1.54) is 25.3 Å². The molecule has 3 rings (SSSR count). The van der Waals surface area contributed by atoms with Gasteiger partial charge >= 0.3 is 0 Å². The number of halogens is 1. The molecule has 0 spiro atoms. The number of carbonyl (C=O) groups is 1. The van der Waals surface area contributed by atoms with E-state index in [9.17, 15) is 14.3 Å². The number of anilines is 1. The van der Waals surface area contributed by atoms with Gasteiger partial charge in [0.25, 0.3) is 5.91 Å². The molecule has 0 aromatic heterocycles. The van der Waals surface area contributed by atoms with Crippen LogP contribution < -0.4 is 10.1 Å². The molecule has 1 amide bonds. The number of fused-ring (bicyclic) bond motifs is 1. The molecule has 7 heteroatoms. The average Bonchev–Trinajstić information content (AvgIpc) is 2.92. The molecule has 0 radical (unpaired) electrons. The number of carbonyl (C=O) groups excluding carboxylic acids is 1. The summed E-state index contributed by atoms with van der Waals surface area (Å²) in [7, 11) is -0.401. The number of amides is 1. The molecule has 5 nitrogen and oxygen atoms in total. The molecule has 0 bridgehead atoms. The van der Waals surface area contributed by atoms with Crippen LogP contribution in [0.25, 0.3) is 0 Å². The molecule has 2 aromatic rings. The molecule has 0 saturated heterocycles. The molecule has 2 N–H and O–H groups in total. The van der Waals surface area contributed by atoms with Crippen molar-refractivity contribution in [1.82, 2.24) is 0 Å². The minimum atomic E-state index is -2.03. The Bertz CT molecular complexity index is 970. The van der Waals surface area contributed by atoms with Crippen molar-refractivity contribution in [2.45, 2.75) is 50.9 Å². The van der Waals surface area contributed by atoms with Crippen LogP contribution >= 0.6 is 0 Å². The number of aliphatic hydroxyl groups is 1. The summed E-state index contributed by atoms with van der Waals surface area (Å²) in [6, 6.07) is 9.23. The maximum absolute atomic E-state index is 13.9. The first-order chi connectivity index (χ1) is 13.9. The van der Waals surface area contributed by atoms with Crippen molar-refractivity contribution < 1.29 is 23.5 Å². The Hall–Kier alpha value is -2.22. The van der Waals surface area contributed by atoms with Crippen molar-refractivity contribution in [3.63, 3.8) is 0 Å². The molecule has 2 aromatic carbocycles. The molecule has 1 heterocycles. The summed E-state index contributed by atoms with van der Waals surface area (Å²) >= 11 is 0. The topological polar surface area (TPSA) is 67.8 Å². The predicted octanol–water partition coefficient (Wildman–Crippen LogP) is 4.59. The van der Waals surface area contributed by atoms with Crippen molar-refractivity contribution in [2.24, 2.45) is 0 Å². The smallest absolute Gasteiger partial charge is 0.266 e. The number of rotatable bonds is 6. The van der Waals surface area contributed by atoms with Crippen LogP contribution in [0.2, 0.25) is 18.1 Å². The highest BCUT2D eigenvalue weighted by molar-refractivity contribution is 6.74. The van der Waals surface area contributed by atoms with Gasteiger partial charge in [0.1, 0.15) is 11.6 Å². The van der Waals surface area contributed by atoms with Gasteiger partial charge in [-0.15, -0.1) is 0 Å². The lowest BCUT2D eigenvalue weighted by molar-refractivity contribution is -0.129. The second-order valence-corrected chi connectivity index (χ2v) is 14.1. The molecule has 0 saturated carbocycles. The Balaban J connectivity index is 1.93. The summed E-state index contributed by atoms with van der Waals surface area (Å²) in [5.41, 5.74) is -0.274. The zero-order chi connectivity index (χ0) is 22.3. The van der Waals surface area contributed by atoms with Crippen LogP contribution in [0.5, 0.6) is 5.75 Å². The second kappa shape index (κ2) is 7.79. The van der Waals surface area contributed by atoms with Crippen molar-refractivity contribution in [2.75, 3.05) is 19.0 Å². The fourth-order valence-corrected chi connectivity index (χ4v) is 4.41. The summed E-state index contributed by atoms with van der Waals surface area (Å²) in [4.78, 5) is 12.7. The Kier molecular flexibility index (Phi) is 5.84. The molecule has 0 fully saturated rings. The summed E-state index contributed by atoms with van der Waals surface area (Å²) in [5.74, 6) is -0.795. The normalized spacial score (nSPS) is 18.9. The Morgan fingerprint density at radius 1 is 1.13 bits per heavy atom. The van der Waals surface area contributed by atoms with Gasteiger partial charge < -0.3 is 19.6 Å². The Morgan fingerprint density at radius 2 is 1.83 bits per heavy atom. The lowest BCUT2D eigenvalue weighted by atomic mass is 9.85. The van der Waals surface area contributed by atoms with Crippen LogP contribution in [0.3, 0.4) is 0 Å². The molecular formula is C23H30FNO4Si. The molecule has 0 aliphatic carbocycles. The van der Waals surface area contributed by atoms with Gasteiger partial charge in [-0.2, -0.15) is 0 Å². The fraction of sp³-hybridized carbons (Fsp3) is 0.435. The quantitative estimate of drug-likeness (QED) is 0.657. The number of benzene rings is 2. The largest absolute Gasteiger partial charge is 0.496 e. The third kappa shape index (κ3) is 3.89. The minimum absolute atomic E-state index is 0.114. The Labute approximate surface area is 178 Å². The van der Waals surface area contributed by atoms with E-state index in [1.54, 1.807) is 12.1 Å². The van der Waals surface area contributed by atoms with E-state index < -0.39 is 25.6 Å². The van der Waals surface area contributed by atoms with Crippen molar-refractivity contribution in [3.05, 3.63) is 58.9 Å². The highest BCUT2D eigenvalue weighted by atomic mass is 28.4. The van der Waals surface area contributed by atoms with Crippen LogP contribution in [0, 0.1) is 5.82 Å². The van der Waals surface area contributed by atoms with E-state index in [0.29, 0.717) is 24.5 Å². The van der Waals surface area contributed by atoms with Crippen LogP contribution in [0.4, 0.5) is 10.1 Å². The summed E-state index contributed by atoms with van der Waals surface area (Å²) < 4.78 is 25.6. The predicted molar refractivity (Wildman–Crippen MR) is 118 cm³/mol. The molecular weight excluding hydrogens is 401 g/mol. The maximum atomic E-state index is 13.9. The number of ether oxygens (including phenoxy) is 1. The van der Waals surface area contributed by atoms with E-state index in [0.717, 1.165) is 5.56 Å². The number of hydrogen-bond acceptors (Lipinski definition) is 4. The Morgan fingerprint density at radius 3 is 2.47 bits per heavy atom. The standard InChI is InChI=1S/C23H30FNO4Si/c1-22(2,3)30(5,6)29-12-11-15-7-10-20(28-4)18(13-15)23(27)17-14-16(24)8-9-19(17)25-21(23)26/h7-10,13-14,27H,11-12H2,1-6H3,(H,25,26). The molecule has 1 aliphatic rings. The number of hydrogen-bond donors (Lipinski definition) is 2. The highest BCUT2D eigenvalue weighted by Gasteiger charge is 2.49. The van der Waals surface area contributed by atoms with Crippen molar-refractivity contribution >= 4 is 19.9 Å². The molecule has 30 heavy (non-hydrogen) atoms. The van der Waals surface area contributed by atoms with E-state index in [2.05, 4.69) is 39.2 Å². The van der Waals surface area contributed by atoms with E-state index >= 15 is 0 Å². The molecule has 1 atom stereocenters. The van der Waals surface area contributed by atoms with E-state index in [1.807, 2.05) is 6.07 Å². The fourth-order valence-electron chi connectivity index (χ4n) is 3.36. The van der Waals surface area contributed by atoms with Gasteiger partial charge in [-0.05, 0) is 60.4 Å². The second-order valence-electron chi connectivity index (χ2n) is 9.25. The zero-order valence-electron chi connectivity index (χ0n) is 18.4. The van der Waals surface area contributed by atoms with E-state index in [-0.39, 0.29) is 16.2 Å². The zero-order valence-corrected chi connectivity index (χ0v) is 19.4. The van der Waals surface area contributed by atoms with Gasteiger partial charge in [0, 0.05) is 23.4 Å². The molecule has 162 valence electrons. The average molecular weight is 432 g/mol. The van der Waals surface area contributed by atoms with Gasteiger partial charge in [-0.3, -0.25) is 4.79 Å². The third-order valence-electron chi connectivity index (χ3n) is 6.26. The SMILES string of the molecule is COc1ccc(CCO[Si](C)(C)C(C)(C)C)cc1C1(O)C(=O)Nc2ccc(F)cc21. The van der Waals surface area contributed by atoms with Gasteiger partial charge in [-0.25, -0.2) is 4.39 Å². The van der Waals surface area contributed by atoms with Crippen LogP contribution in [0.15, 0.2) is 36.4 Å². The molecule has 1 aliphatic heterocycles. The number of nitrogens with one attached hydrogen (secondary N) is 1. The first-order valence-corrected chi connectivity index (χ1v) is 13.0. The van der Waals surface area contributed by atoms with Crippen LogP contribution in [-0.4, -0.2) is 33.0 Å². The van der Waals surface area contributed by atoms with Gasteiger partial charge in [0.2, 0.25) is 0 Å². The van der Waals surface area contributed by atoms with Gasteiger partial charge in [-0.1, -0.05) is 26.8 Å². The van der Waals surface area contributed by atoms with E-state index in [4.69, 9.17) is 9.16 Å². The number of methoxy groups -OCH3 is 1. The summed E-state index contributed by atoms with van der Waals surface area (Å²) in [5, 5.41) is 14.2. The lowest BCUT2D eigenvalue weighted by Crippen LogP contribution is -2.41. The third-order valence-corrected chi connectivity index (χ3v) is 10.8. The van der Waals surface area contributed by atoms with Crippen molar-refractivity contribution in [1.29, 1.82) is 0 Å². The monoisotopic (exact) mass is 431 g/mol. The lowest BCUT2D eigenvalue weighted by Gasteiger charge is -2.36. The van der Waals surface area contributed by atoms with Crippen molar-refractivity contribution in [3.8, 4) is 5.75 Å². The minimum Gasteiger partial charge on any atom is -0.496 e. The first-order valence-electron chi connectivity index (χ1n) is 10.1. The summed E-state index contributed by atoms with van der Waals surface area (Å²) in [6.45, 7) is 11.5.